The quantitative estimate of drug-likeness (QED) is 0.865. The molecule has 0 unspecified atom stereocenters. The molecule has 0 saturated heterocycles. The topological polar surface area (TPSA) is 26.0 Å². The molecule has 1 nitrogen and oxygen atoms in total. The van der Waals surface area contributed by atoms with Crippen LogP contribution in [0.5, 0.6) is 0 Å². The lowest BCUT2D eigenvalue weighted by Crippen LogP contribution is -2.32. The standard InChI is InChI=1S/C11H16BrN/c1-11(2,13)8-7-9-5-3-4-6-10(9)12/h3-6H,7-8,13H2,1-2H3. The van der Waals surface area contributed by atoms with Crippen LogP contribution in [0.1, 0.15) is 25.8 Å². The summed E-state index contributed by atoms with van der Waals surface area (Å²) in [7, 11) is 0. The van der Waals surface area contributed by atoms with Crippen LogP contribution in [0.3, 0.4) is 0 Å². The van der Waals surface area contributed by atoms with Crippen molar-refractivity contribution < 1.29 is 0 Å². The van der Waals surface area contributed by atoms with Crippen molar-refractivity contribution in [3.63, 3.8) is 0 Å². The fourth-order valence-corrected chi connectivity index (χ4v) is 1.64. The van der Waals surface area contributed by atoms with E-state index in [0.717, 1.165) is 12.8 Å². The Morgan fingerprint density at radius 1 is 1.31 bits per heavy atom. The molecule has 2 heteroatoms. The zero-order chi connectivity index (χ0) is 9.90. The number of halogens is 1. The molecule has 0 aliphatic rings. The normalized spacial score (nSPS) is 11.7. The summed E-state index contributed by atoms with van der Waals surface area (Å²) in [5.41, 5.74) is 7.18. The maximum absolute atomic E-state index is 5.92. The molecular formula is C11H16BrN. The highest BCUT2D eigenvalue weighted by Gasteiger charge is 2.10. The molecular weight excluding hydrogens is 226 g/mol. The predicted octanol–water partition coefficient (Wildman–Crippen LogP) is 3.12. The summed E-state index contributed by atoms with van der Waals surface area (Å²) in [6.45, 7) is 4.12. The van der Waals surface area contributed by atoms with Crippen molar-refractivity contribution in [2.24, 2.45) is 5.73 Å². The second-order valence-corrected chi connectivity index (χ2v) is 4.93. The van der Waals surface area contributed by atoms with Gasteiger partial charge in [0.25, 0.3) is 0 Å². The molecule has 0 saturated carbocycles. The molecule has 1 aromatic carbocycles. The minimum atomic E-state index is -0.0741. The van der Waals surface area contributed by atoms with Crippen LogP contribution in [-0.2, 0) is 6.42 Å². The third-order valence-electron chi connectivity index (χ3n) is 2.00. The molecule has 0 aliphatic heterocycles. The van der Waals surface area contributed by atoms with Crippen LogP contribution < -0.4 is 5.73 Å². The summed E-state index contributed by atoms with van der Waals surface area (Å²) in [5, 5.41) is 0. The summed E-state index contributed by atoms with van der Waals surface area (Å²) < 4.78 is 1.18. The lowest BCUT2D eigenvalue weighted by atomic mass is 9.97. The molecule has 2 N–H and O–H groups in total. The van der Waals surface area contributed by atoms with Gasteiger partial charge in [0.1, 0.15) is 0 Å². The van der Waals surface area contributed by atoms with Crippen molar-refractivity contribution >= 4 is 15.9 Å². The molecule has 13 heavy (non-hydrogen) atoms. The predicted molar refractivity (Wildman–Crippen MR) is 60.7 cm³/mol. The van der Waals surface area contributed by atoms with E-state index in [1.165, 1.54) is 10.0 Å². The smallest absolute Gasteiger partial charge is 0.0207 e. The van der Waals surface area contributed by atoms with Gasteiger partial charge in [0.15, 0.2) is 0 Å². The number of nitrogens with two attached hydrogens (primary N) is 1. The largest absolute Gasteiger partial charge is 0.326 e. The first-order chi connectivity index (χ1) is 5.99. The second kappa shape index (κ2) is 4.25. The van der Waals surface area contributed by atoms with Gasteiger partial charge in [-0.3, -0.25) is 0 Å². The van der Waals surface area contributed by atoms with E-state index in [1.807, 2.05) is 6.07 Å². The fraction of sp³-hybridized carbons (Fsp3) is 0.455. The second-order valence-electron chi connectivity index (χ2n) is 4.08. The van der Waals surface area contributed by atoms with Gasteiger partial charge in [-0.25, -0.2) is 0 Å². The Morgan fingerprint density at radius 3 is 2.46 bits per heavy atom. The first-order valence-corrected chi connectivity index (χ1v) is 5.31. The maximum atomic E-state index is 5.92. The highest BCUT2D eigenvalue weighted by Crippen LogP contribution is 2.19. The maximum Gasteiger partial charge on any atom is 0.0207 e. The minimum absolute atomic E-state index is 0.0741. The number of hydrogen-bond acceptors (Lipinski definition) is 1. The average Bonchev–Trinajstić information content (AvgIpc) is 2.01. The first-order valence-electron chi connectivity index (χ1n) is 4.51. The van der Waals surface area contributed by atoms with E-state index in [2.05, 4.69) is 48.0 Å². The summed E-state index contributed by atoms with van der Waals surface area (Å²) in [5.74, 6) is 0. The van der Waals surface area contributed by atoms with Crippen molar-refractivity contribution in [3.05, 3.63) is 34.3 Å². The summed E-state index contributed by atoms with van der Waals surface area (Å²) >= 11 is 3.52. The van der Waals surface area contributed by atoms with Crippen LogP contribution in [0.4, 0.5) is 0 Å². The SMILES string of the molecule is CC(C)(N)CCc1ccccc1Br. The van der Waals surface area contributed by atoms with Crippen LogP contribution in [-0.4, -0.2) is 5.54 Å². The lowest BCUT2D eigenvalue weighted by molar-refractivity contribution is 0.476. The Hall–Kier alpha value is -0.340. The van der Waals surface area contributed by atoms with E-state index in [1.54, 1.807) is 0 Å². The number of aryl methyl sites for hydroxylation is 1. The van der Waals surface area contributed by atoms with E-state index in [-0.39, 0.29) is 5.54 Å². The highest BCUT2D eigenvalue weighted by atomic mass is 79.9. The van der Waals surface area contributed by atoms with Gasteiger partial charge in [-0.05, 0) is 38.3 Å². The zero-order valence-electron chi connectivity index (χ0n) is 8.18. The molecule has 0 aliphatic carbocycles. The molecule has 0 fully saturated rings. The van der Waals surface area contributed by atoms with Crippen molar-refractivity contribution in [3.8, 4) is 0 Å². The third kappa shape index (κ3) is 3.92. The molecule has 0 bridgehead atoms. The first kappa shape index (κ1) is 10.7. The number of benzene rings is 1. The molecule has 0 spiro atoms. The number of hydrogen-bond donors (Lipinski definition) is 1. The Labute approximate surface area is 88.5 Å². The van der Waals surface area contributed by atoms with Gasteiger partial charge in [-0.2, -0.15) is 0 Å². The van der Waals surface area contributed by atoms with E-state index in [9.17, 15) is 0 Å². The molecule has 0 heterocycles. The van der Waals surface area contributed by atoms with Crippen LogP contribution in [0.2, 0.25) is 0 Å². The molecule has 1 aromatic rings. The Morgan fingerprint density at radius 2 is 1.92 bits per heavy atom. The summed E-state index contributed by atoms with van der Waals surface area (Å²) in [4.78, 5) is 0. The molecule has 0 atom stereocenters. The third-order valence-corrected chi connectivity index (χ3v) is 2.77. The van der Waals surface area contributed by atoms with Gasteiger partial charge in [-0.1, -0.05) is 34.1 Å². The summed E-state index contributed by atoms with van der Waals surface area (Å²) in [6.07, 6.45) is 2.04. The van der Waals surface area contributed by atoms with Crippen molar-refractivity contribution in [2.45, 2.75) is 32.2 Å². The van der Waals surface area contributed by atoms with E-state index in [4.69, 9.17) is 5.73 Å². The van der Waals surface area contributed by atoms with Crippen molar-refractivity contribution in [1.82, 2.24) is 0 Å². The van der Waals surface area contributed by atoms with Gasteiger partial charge >= 0.3 is 0 Å². The average molecular weight is 242 g/mol. The van der Waals surface area contributed by atoms with E-state index >= 15 is 0 Å². The monoisotopic (exact) mass is 241 g/mol. The summed E-state index contributed by atoms with van der Waals surface area (Å²) in [6, 6.07) is 8.29. The molecule has 0 amide bonds. The van der Waals surface area contributed by atoms with Gasteiger partial charge in [-0.15, -0.1) is 0 Å². The minimum Gasteiger partial charge on any atom is -0.326 e. The molecule has 0 aromatic heterocycles. The van der Waals surface area contributed by atoms with E-state index < -0.39 is 0 Å². The lowest BCUT2D eigenvalue weighted by Gasteiger charge is -2.18. The zero-order valence-corrected chi connectivity index (χ0v) is 9.76. The van der Waals surface area contributed by atoms with Crippen LogP contribution >= 0.6 is 15.9 Å². The fourth-order valence-electron chi connectivity index (χ4n) is 1.16. The van der Waals surface area contributed by atoms with Gasteiger partial charge < -0.3 is 5.73 Å². The van der Waals surface area contributed by atoms with Crippen LogP contribution in [0.15, 0.2) is 28.7 Å². The van der Waals surface area contributed by atoms with E-state index in [0.29, 0.717) is 0 Å². The highest BCUT2D eigenvalue weighted by molar-refractivity contribution is 9.10. The molecule has 72 valence electrons. The van der Waals surface area contributed by atoms with Gasteiger partial charge in [0, 0.05) is 10.0 Å². The van der Waals surface area contributed by atoms with Gasteiger partial charge in [0.2, 0.25) is 0 Å². The molecule has 0 radical (unpaired) electrons. The van der Waals surface area contributed by atoms with Crippen LogP contribution in [0.25, 0.3) is 0 Å². The Kier molecular flexibility index (Phi) is 3.51. The van der Waals surface area contributed by atoms with Crippen molar-refractivity contribution in [1.29, 1.82) is 0 Å². The Bertz CT molecular complexity index is 276. The molecule has 1 rings (SSSR count). The number of rotatable bonds is 3. The van der Waals surface area contributed by atoms with Gasteiger partial charge in [0.05, 0.1) is 0 Å². The van der Waals surface area contributed by atoms with Crippen molar-refractivity contribution in [2.75, 3.05) is 0 Å². The Balaban J connectivity index is 2.60. The van der Waals surface area contributed by atoms with Crippen LogP contribution in [0, 0.1) is 0 Å².